The minimum atomic E-state index is 0.344. The summed E-state index contributed by atoms with van der Waals surface area (Å²) < 4.78 is 0. The van der Waals surface area contributed by atoms with Crippen LogP contribution in [0.2, 0.25) is 5.02 Å². The number of thiocarbonyl (C=S) groups is 1. The second kappa shape index (κ2) is 6.82. The van der Waals surface area contributed by atoms with Crippen LogP contribution in [-0.2, 0) is 0 Å². The number of benzene rings is 1. The Hall–Kier alpha value is -0.450. The van der Waals surface area contributed by atoms with Gasteiger partial charge < -0.3 is 11.1 Å². The van der Waals surface area contributed by atoms with Gasteiger partial charge in [0, 0.05) is 22.5 Å². The molecule has 19 heavy (non-hydrogen) atoms. The monoisotopic (exact) mass is 314 g/mol. The molecule has 0 spiro atoms. The molecule has 1 aliphatic rings. The molecule has 2 nitrogen and oxygen atoms in total. The van der Waals surface area contributed by atoms with E-state index in [-0.39, 0.29) is 0 Å². The molecule has 2 rings (SSSR count). The predicted octanol–water partition coefficient (Wildman–Crippen LogP) is 4.06. The molecule has 0 aromatic heterocycles. The van der Waals surface area contributed by atoms with Gasteiger partial charge in [0.15, 0.2) is 0 Å². The average Bonchev–Trinajstić information content (AvgIpc) is 2.39. The van der Waals surface area contributed by atoms with Crippen LogP contribution in [0, 0.1) is 0 Å². The van der Waals surface area contributed by atoms with Crippen LogP contribution >= 0.6 is 35.6 Å². The first-order valence-electron chi connectivity index (χ1n) is 6.50. The second-order valence-corrected chi connectivity index (χ2v) is 6.79. The molecule has 1 saturated carbocycles. The molecule has 0 bridgehead atoms. The number of halogens is 1. The van der Waals surface area contributed by atoms with Gasteiger partial charge in [0.05, 0.1) is 5.02 Å². The first-order chi connectivity index (χ1) is 9.11. The summed E-state index contributed by atoms with van der Waals surface area (Å²) >= 11 is 13.1. The zero-order valence-corrected chi connectivity index (χ0v) is 13.4. The van der Waals surface area contributed by atoms with E-state index in [1.54, 1.807) is 0 Å². The Labute approximate surface area is 129 Å². The van der Waals surface area contributed by atoms with Gasteiger partial charge in [0.1, 0.15) is 4.99 Å². The Bertz CT molecular complexity index is 465. The van der Waals surface area contributed by atoms with Crippen molar-refractivity contribution in [3.63, 3.8) is 0 Å². The Morgan fingerprint density at radius 2 is 2.16 bits per heavy atom. The normalized spacial score (nSPS) is 23.1. The second-order valence-electron chi connectivity index (χ2n) is 4.87. The maximum absolute atomic E-state index is 6.20. The number of rotatable bonds is 4. The fourth-order valence-corrected chi connectivity index (χ4v) is 4.01. The molecule has 1 aromatic carbocycles. The summed E-state index contributed by atoms with van der Waals surface area (Å²) in [7, 11) is 0. The molecule has 1 aromatic rings. The highest BCUT2D eigenvalue weighted by Gasteiger charge is 2.24. The molecule has 0 amide bonds. The Morgan fingerprint density at radius 3 is 2.79 bits per heavy atom. The number of nitrogens with two attached hydrogens (primary N) is 1. The SMILES string of the molecule is CSC1CCCCC1Nc1ccc(C(N)=S)c(Cl)c1. The minimum absolute atomic E-state index is 0.344. The molecule has 2 unspecified atom stereocenters. The highest BCUT2D eigenvalue weighted by molar-refractivity contribution is 7.99. The summed E-state index contributed by atoms with van der Waals surface area (Å²) in [6, 6.07) is 6.34. The number of nitrogens with one attached hydrogen (secondary N) is 1. The third-order valence-electron chi connectivity index (χ3n) is 3.59. The van der Waals surface area contributed by atoms with Crippen LogP contribution in [0.1, 0.15) is 31.2 Å². The third kappa shape index (κ3) is 3.77. The van der Waals surface area contributed by atoms with E-state index in [0.717, 1.165) is 11.3 Å². The van der Waals surface area contributed by atoms with Gasteiger partial charge in [-0.05, 0) is 37.3 Å². The highest BCUT2D eigenvalue weighted by atomic mass is 35.5. The number of hydrogen-bond donors (Lipinski definition) is 2. The lowest BCUT2D eigenvalue weighted by atomic mass is 9.94. The van der Waals surface area contributed by atoms with Crippen LogP contribution in [0.15, 0.2) is 18.2 Å². The number of thioether (sulfide) groups is 1. The van der Waals surface area contributed by atoms with Gasteiger partial charge in [-0.2, -0.15) is 11.8 Å². The van der Waals surface area contributed by atoms with Crippen LogP contribution in [0.5, 0.6) is 0 Å². The Morgan fingerprint density at radius 1 is 1.42 bits per heavy atom. The van der Waals surface area contributed by atoms with Crippen molar-refractivity contribution in [1.29, 1.82) is 0 Å². The van der Waals surface area contributed by atoms with Crippen molar-refractivity contribution < 1.29 is 0 Å². The van der Waals surface area contributed by atoms with Crippen molar-refractivity contribution >= 4 is 46.3 Å². The smallest absolute Gasteiger partial charge is 0.105 e. The summed E-state index contributed by atoms with van der Waals surface area (Å²) in [6.07, 6.45) is 7.34. The van der Waals surface area contributed by atoms with Gasteiger partial charge in [-0.25, -0.2) is 0 Å². The molecule has 0 aliphatic heterocycles. The van der Waals surface area contributed by atoms with Crippen LogP contribution in [0.25, 0.3) is 0 Å². The van der Waals surface area contributed by atoms with Gasteiger partial charge in [-0.3, -0.25) is 0 Å². The fraction of sp³-hybridized carbons (Fsp3) is 0.500. The van der Waals surface area contributed by atoms with E-state index in [1.807, 2.05) is 30.0 Å². The maximum Gasteiger partial charge on any atom is 0.105 e. The number of hydrogen-bond acceptors (Lipinski definition) is 3. The molecule has 0 radical (unpaired) electrons. The van der Waals surface area contributed by atoms with Gasteiger partial charge in [-0.1, -0.05) is 36.7 Å². The van der Waals surface area contributed by atoms with Crippen molar-refractivity contribution in [3.05, 3.63) is 28.8 Å². The first-order valence-corrected chi connectivity index (χ1v) is 8.58. The fourth-order valence-electron chi connectivity index (χ4n) is 2.56. The van der Waals surface area contributed by atoms with E-state index in [2.05, 4.69) is 11.6 Å². The topological polar surface area (TPSA) is 38.0 Å². The number of anilines is 1. The van der Waals surface area contributed by atoms with Crippen molar-refractivity contribution in [3.8, 4) is 0 Å². The summed E-state index contributed by atoms with van der Waals surface area (Å²) in [5.74, 6) is 0. The summed E-state index contributed by atoms with van der Waals surface area (Å²) in [4.78, 5) is 0.344. The van der Waals surface area contributed by atoms with Crippen molar-refractivity contribution in [1.82, 2.24) is 0 Å². The van der Waals surface area contributed by atoms with Gasteiger partial charge in [-0.15, -0.1) is 0 Å². The van der Waals surface area contributed by atoms with Crippen molar-refractivity contribution in [2.45, 2.75) is 37.0 Å². The van der Waals surface area contributed by atoms with E-state index in [0.29, 0.717) is 21.3 Å². The first kappa shape index (κ1) is 14.9. The van der Waals surface area contributed by atoms with E-state index in [9.17, 15) is 0 Å². The van der Waals surface area contributed by atoms with Gasteiger partial charge in [0.25, 0.3) is 0 Å². The lowest BCUT2D eigenvalue weighted by Gasteiger charge is -2.31. The zero-order chi connectivity index (χ0) is 13.8. The lowest BCUT2D eigenvalue weighted by Crippen LogP contribution is -2.34. The Balaban J connectivity index is 2.10. The zero-order valence-electron chi connectivity index (χ0n) is 11.0. The molecular formula is C14H19ClN2S2. The maximum atomic E-state index is 6.20. The van der Waals surface area contributed by atoms with Crippen molar-refractivity contribution in [2.24, 2.45) is 5.73 Å². The van der Waals surface area contributed by atoms with Crippen LogP contribution in [-0.4, -0.2) is 22.5 Å². The highest BCUT2D eigenvalue weighted by Crippen LogP contribution is 2.30. The standard InChI is InChI=1S/C14H19ClN2S2/c1-19-13-5-3-2-4-12(13)17-9-6-7-10(14(16)18)11(15)8-9/h6-8,12-13,17H,2-5H2,1H3,(H2,16,18). The molecule has 2 atom stereocenters. The van der Waals surface area contributed by atoms with E-state index >= 15 is 0 Å². The van der Waals surface area contributed by atoms with Crippen LogP contribution in [0.4, 0.5) is 5.69 Å². The van der Waals surface area contributed by atoms with Crippen LogP contribution in [0.3, 0.4) is 0 Å². The van der Waals surface area contributed by atoms with Crippen LogP contribution < -0.4 is 11.1 Å². The molecular weight excluding hydrogens is 296 g/mol. The largest absolute Gasteiger partial charge is 0.389 e. The summed E-state index contributed by atoms with van der Waals surface area (Å²) in [5, 5.41) is 4.90. The molecule has 104 valence electrons. The summed E-state index contributed by atoms with van der Waals surface area (Å²) in [6.45, 7) is 0. The molecule has 3 N–H and O–H groups in total. The minimum Gasteiger partial charge on any atom is -0.389 e. The Kier molecular flexibility index (Phi) is 5.37. The summed E-state index contributed by atoms with van der Waals surface area (Å²) in [5.41, 5.74) is 7.41. The molecule has 0 heterocycles. The predicted molar refractivity (Wildman–Crippen MR) is 90.5 cm³/mol. The average molecular weight is 315 g/mol. The quantitative estimate of drug-likeness (QED) is 0.822. The van der Waals surface area contributed by atoms with E-state index in [4.69, 9.17) is 29.6 Å². The van der Waals surface area contributed by atoms with Gasteiger partial charge in [0.2, 0.25) is 0 Å². The van der Waals surface area contributed by atoms with Gasteiger partial charge >= 0.3 is 0 Å². The third-order valence-corrected chi connectivity index (χ3v) is 5.29. The molecule has 5 heteroatoms. The molecule has 1 aliphatic carbocycles. The molecule has 1 fully saturated rings. The lowest BCUT2D eigenvalue weighted by molar-refractivity contribution is 0.475. The van der Waals surface area contributed by atoms with E-state index < -0.39 is 0 Å². The van der Waals surface area contributed by atoms with Crippen molar-refractivity contribution in [2.75, 3.05) is 11.6 Å². The molecule has 0 saturated heterocycles. The van der Waals surface area contributed by atoms with E-state index in [1.165, 1.54) is 25.7 Å².